The number of carbonyl (C=O) groups is 2. The fraction of sp³-hybridized carbons (Fsp3) is 0.333. The van der Waals surface area contributed by atoms with Gasteiger partial charge < -0.3 is 16.8 Å². The minimum Gasteiger partial charge on any atom is -0.399 e. The lowest BCUT2D eigenvalue weighted by molar-refractivity contribution is -0.118. The van der Waals surface area contributed by atoms with E-state index in [1.54, 1.807) is 0 Å². The van der Waals surface area contributed by atoms with Gasteiger partial charge in [0.15, 0.2) is 0 Å². The van der Waals surface area contributed by atoms with Crippen LogP contribution in [-0.2, 0) is 4.79 Å². The molecule has 0 fully saturated rings. The molecule has 6 heteroatoms. The molecule has 0 unspecified atom stereocenters. The number of hydrogen-bond acceptors (Lipinski definition) is 3. The molecule has 0 atom stereocenters. The van der Waals surface area contributed by atoms with E-state index in [-0.39, 0.29) is 17.9 Å². The summed E-state index contributed by atoms with van der Waals surface area (Å²) in [7, 11) is 0. The van der Waals surface area contributed by atoms with Gasteiger partial charge in [0.1, 0.15) is 5.82 Å². The highest BCUT2D eigenvalue weighted by Crippen LogP contribution is 2.11. The van der Waals surface area contributed by atoms with Gasteiger partial charge in [-0.05, 0) is 31.0 Å². The smallest absolute Gasteiger partial charge is 0.254 e. The second-order valence-corrected chi connectivity index (χ2v) is 3.92. The second kappa shape index (κ2) is 6.58. The van der Waals surface area contributed by atoms with Crippen LogP contribution < -0.4 is 16.8 Å². The molecule has 2 amide bonds. The third kappa shape index (κ3) is 4.40. The monoisotopic (exact) mass is 253 g/mol. The van der Waals surface area contributed by atoms with E-state index in [9.17, 15) is 14.0 Å². The molecule has 0 spiro atoms. The van der Waals surface area contributed by atoms with Crippen LogP contribution in [0.2, 0.25) is 0 Å². The standard InChI is InChI=1S/C12H16FN3O2/c13-10-5-4-8(14)7-9(10)12(18)16-6-2-1-3-11(15)17/h4-5,7H,1-3,6,14H2,(H2,15,17)(H,16,18). The number of halogens is 1. The number of rotatable bonds is 6. The van der Waals surface area contributed by atoms with E-state index in [0.717, 1.165) is 6.07 Å². The summed E-state index contributed by atoms with van der Waals surface area (Å²) in [6.45, 7) is 0.361. The zero-order chi connectivity index (χ0) is 13.5. The molecule has 0 heterocycles. The number of amides is 2. The van der Waals surface area contributed by atoms with Crippen molar-refractivity contribution in [3.63, 3.8) is 0 Å². The van der Waals surface area contributed by atoms with Gasteiger partial charge in [-0.1, -0.05) is 0 Å². The van der Waals surface area contributed by atoms with E-state index in [0.29, 0.717) is 25.1 Å². The van der Waals surface area contributed by atoms with Gasteiger partial charge in [-0.2, -0.15) is 0 Å². The molecule has 5 N–H and O–H groups in total. The van der Waals surface area contributed by atoms with Crippen LogP contribution in [0.3, 0.4) is 0 Å². The van der Waals surface area contributed by atoms with E-state index in [1.807, 2.05) is 0 Å². The highest BCUT2D eigenvalue weighted by Gasteiger charge is 2.11. The van der Waals surface area contributed by atoms with E-state index in [1.165, 1.54) is 12.1 Å². The zero-order valence-electron chi connectivity index (χ0n) is 9.91. The third-order valence-corrected chi connectivity index (χ3v) is 2.37. The normalized spacial score (nSPS) is 10.1. The maximum absolute atomic E-state index is 13.3. The molecule has 0 aromatic heterocycles. The van der Waals surface area contributed by atoms with Crippen LogP contribution in [0.4, 0.5) is 10.1 Å². The minimum atomic E-state index is -0.612. The average Bonchev–Trinajstić information content (AvgIpc) is 2.31. The van der Waals surface area contributed by atoms with Crippen LogP contribution in [0.1, 0.15) is 29.6 Å². The molecule has 0 saturated heterocycles. The summed E-state index contributed by atoms with van der Waals surface area (Å²) in [6.07, 6.45) is 1.48. The third-order valence-electron chi connectivity index (χ3n) is 2.37. The van der Waals surface area contributed by atoms with Crippen molar-refractivity contribution >= 4 is 17.5 Å². The molecule has 1 rings (SSSR count). The summed E-state index contributed by atoms with van der Waals surface area (Å²) in [6, 6.07) is 3.82. The number of nitrogen functional groups attached to an aromatic ring is 1. The lowest BCUT2D eigenvalue weighted by Crippen LogP contribution is -2.25. The molecule has 5 nitrogen and oxygen atoms in total. The van der Waals surface area contributed by atoms with Crippen LogP contribution in [0.25, 0.3) is 0 Å². The van der Waals surface area contributed by atoms with Crippen LogP contribution in [0.15, 0.2) is 18.2 Å². The second-order valence-electron chi connectivity index (χ2n) is 3.92. The van der Waals surface area contributed by atoms with Crippen LogP contribution >= 0.6 is 0 Å². The molecule has 98 valence electrons. The topological polar surface area (TPSA) is 98.2 Å². The lowest BCUT2D eigenvalue weighted by atomic mass is 10.1. The predicted molar refractivity (Wildman–Crippen MR) is 66.2 cm³/mol. The van der Waals surface area contributed by atoms with E-state index >= 15 is 0 Å². The van der Waals surface area contributed by atoms with Crippen molar-refractivity contribution in [3.8, 4) is 0 Å². The summed E-state index contributed by atoms with van der Waals surface area (Å²) in [5.41, 5.74) is 10.7. The summed E-state index contributed by atoms with van der Waals surface area (Å²) in [5.74, 6) is -1.50. The Bertz CT molecular complexity index is 449. The quantitative estimate of drug-likeness (QED) is 0.516. The van der Waals surface area contributed by atoms with E-state index in [2.05, 4.69) is 5.32 Å². The van der Waals surface area contributed by atoms with Gasteiger partial charge >= 0.3 is 0 Å². The summed E-state index contributed by atoms with van der Waals surface area (Å²) in [5, 5.41) is 2.55. The maximum atomic E-state index is 13.3. The van der Waals surface area contributed by atoms with E-state index < -0.39 is 11.7 Å². The Morgan fingerprint density at radius 3 is 2.67 bits per heavy atom. The molecule has 1 aromatic rings. The highest BCUT2D eigenvalue weighted by atomic mass is 19.1. The molecule has 0 aliphatic heterocycles. The van der Waals surface area contributed by atoms with E-state index in [4.69, 9.17) is 11.5 Å². The largest absolute Gasteiger partial charge is 0.399 e. The van der Waals surface area contributed by atoms with Gasteiger partial charge in [0, 0.05) is 18.7 Å². The molecule has 0 bridgehead atoms. The van der Waals surface area contributed by atoms with Crippen molar-refractivity contribution in [1.82, 2.24) is 5.32 Å². The Hall–Kier alpha value is -2.11. The molecule has 0 aliphatic rings. The molecule has 0 radical (unpaired) electrons. The van der Waals surface area contributed by atoms with Crippen LogP contribution in [0.5, 0.6) is 0 Å². The number of benzene rings is 1. The number of unbranched alkanes of at least 4 members (excludes halogenated alkanes) is 1. The van der Waals surface area contributed by atoms with Gasteiger partial charge in [-0.3, -0.25) is 9.59 Å². The molecule has 1 aromatic carbocycles. The SMILES string of the molecule is NC(=O)CCCCNC(=O)c1cc(N)ccc1F. The van der Waals surface area contributed by atoms with Gasteiger partial charge in [0.2, 0.25) is 5.91 Å². The fourth-order valence-electron chi connectivity index (χ4n) is 1.44. The molecule has 18 heavy (non-hydrogen) atoms. The first-order chi connectivity index (χ1) is 8.50. The maximum Gasteiger partial charge on any atom is 0.254 e. The highest BCUT2D eigenvalue weighted by molar-refractivity contribution is 5.95. The average molecular weight is 253 g/mol. The van der Waals surface area contributed by atoms with Gasteiger partial charge in [0.25, 0.3) is 5.91 Å². The minimum absolute atomic E-state index is 0.0788. The van der Waals surface area contributed by atoms with Gasteiger partial charge in [0.05, 0.1) is 5.56 Å². The number of nitrogens with one attached hydrogen (secondary N) is 1. The van der Waals surface area contributed by atoms with Gasteiger partial charge in [-0.15, -0.1) is 0 Å². The van der Waals surface area contributed by atoms with Crippen molar-refractivity contribution in [1.29, 1.82) is 0 Å². The lowest BCUT2D eigenvalue weighted by Gasteiger charge is -2.06. The van der Waals surface area contributed by atoms with Crippen molar-refractivity contribution in [2.75, 3.05) is 12.3 Å². The number of primary amides is 1. The first-order valence-corrected chi connectivity index (χ1v) is 5.62. The summed E-state index contributed by atoms with van der Waals surface area (Å²) in [4.78, 5) is 22.1. The van der Waals surface area contributed by atoms with Gasteiger partial charge in [-0.25, -0.2) is 4.39 Å². The Balaban J connectivity index is 2.41. The fourth-order valence-corrected chi connectivity index (χ4v) is 1.44. The number of carbonyl (C=O) groups excluding carboxylic acids is 2. The Morgan fingerprint density at radius 2 is 2.00 bits per heavy atom. The molecular weight excluding hydrogens is 237 g/mol. The molecule has 0 aliphatic carbocycles. The van der Waals surface area contributed by atoms with Crippen molar-refractivity contribution in [2.24, 2.45) is 5.73 Å². The zero-order valence-corrected chi connectivity index (χ0v) is 9.91. The van der Waals surface area contributed by atoms with Crippen molar-refractivity contribution in [3.05, 3.63) is 29.6 Å². The predicted octanol–water partition coefficient (Wildman–Crippen LogP) is 0.793. The number of anilines is 1. The van der Waals surface area contributed by atoms with Crippen LogP contribution in [0, 0.1) is 5.82 Å². The first kappa shape index (κ1) is 14.0. The molecule has 0 saturated carbocycles. The van der Waals surface area contributed by atoms with Crippen molar-refractivity contribution in [2.45, 2.75) is 19.3 Å². The summed E-state index contributed by atoms with van der Waals surface area (Å²) < 4.78 is 13.3. The Morgan fingerprint density at radius 1 is 1.28 bits per heavy atom. The Labute approximate surface area is 104 Å². The summed E-state index contributed by atoms with van der Waals surface area (Å²) >= 11 is 0. The number of nitrogens with two attached hydrogens (primary N) is 2. The number of hydrogen-bond donors (Lipinski definition) is 3. The molecular formula is C12H16FN3O2. The van der Waals surface area contributed by atoms with Crippen molar-refractivity contribution < 1.29 is 14.0 Å². The Kier molecular flexibility index (Phi) is 5.10. The van der Waals surface area contributed by atoms with Crippen LogP contribution in [-0.4, -0.2) is 18.4 Å². The first-order valence-electron chi connectivity index (χ1n) is 5.62.